The van der Waals surface area contributed by atoms with Gasteiger partial charge in [0.1, 0.15) is 0 Å². The van der Waals surface area contributed by atoms with Crippen molar-refractivity contribution in [3.8, 4) is 0 Å². The van der Waals surface area contributed by atoms with Crippen molar-refractivity contribution < 1.29 is 15.3 Å². The van der Waals surface area contributed by atoms with Crippen LogP contribution >= 0.6 is 0 Å². The average Bonchev–Trinajstić information content (AvgIpc) is 2.93. The highest BCUT2D eigenvalue weighted by atomic mass is 16.3. The number of unbranched alkanes of at least 4 members (excludes halogenated alkanes) is 4. The maximum absolute atomic E-state index is 10.2. The van der Waals surface area contributed by atoms with Crippen LogP contribution in [-0.4, -0.2) is 57.2 Å². The van der Waals surface area contributed by atoms with Gasteiger partial charge in [0.25, 0.3) is 0 Å². The van der Waals surface area contributed by atoms with Crippen LogP contribution < -0.4 is 0 Å². The van der Waals surface area contributed by atoms with Crippen LogP contribution in [0.4, 0.5) is 0 Å². The van der Waals surface area contributed by atoms with Crippen molar-refractivity contribution in [2.75, 3.05) is 6.61 Å². The molecule has 2 rings (SSSR count). The molecule has 2 aliphatic heterocycles. The van der Waals surface area contributed by atoms with Gasteiger partial charge in [0, 0.05) is 18.1 Å². The third kappa shape index (κ3) is 3.13. The van der Waals surface area contributed by atoms with Gasteiger partial charge in [-0.3, -0.25) is 4.90 Å². The van der Waals surface area contributed by atoms with Gasteiger partial charge >= 0.3 is 0 Å². The predicted molar refractivity (Wildman–Crippen MR) is 74.9 cm³/mol. The Balaban J connectivity index is 1.86. The lowest BCUT2D eigenvalue weighted by Gasteiger charge is -2.30. The molecule has 0 aromatic rings. The Kier molecular flexibility index (Phi) is 5.63. The Bertz CT molecular complexity index is 274. The maximum Gasteiger partial charge on any atom is 0.0969 e. The zero-order valence-electron chi connectivity index (χ0n) is 12.0. The van der Waals surface area contributed by atoms with Crippen LogP contribution in [0.1, 0.15) is 58.3 Å². The van der Waals surface area contributed by atoms with E-state index in [1.54, 1.807) is 0 Å². The largest absolute Gasteiger partial charge is 0.395 e. The quantitative estimate of drug-likeness (QED) is 0.610. The normalized spacial score (nSPS) is 38.8. The predicted octanol–water partition coefficient (Wildman–Crippen LogP) is 1.28. The number of hydrogen-bond donors (Lipinski definition) is 3. The average molecular weight is 271 g/mol. The fourth-order valence-corrected chi connectivity index (χ4v) is 3.89. The number of hydrogen-bond acceptors (Lipinski definition) is 4. The first-order chi connectivity index (χ1) is 9.20. The summed E-state index contributed by atoms with van der Waals surface area (Å²) in [6, 6.07) is 0.242. The van der Waals surface area contributed by atoms with Gasteiger partial charge in [0.2, 0.25) is 0 Å². The van der Waals surface area contributed by atoms with Crippen LogP contribution in [0.25, 0.3) is 0 Å². The molecule has 0 bridgehead atoms. The van der Waals surface area contributed by atoms with E-state index in [4.69, 9.17) is 0 Å². The lowest BCUT2D eigenvalue weighted by molar-refractivity contribution is 0.0225. The van der Waals surface area contributed by atoms with E-state index >= 15 is 0 Å². The van der Waals surface area contributed by atoms with Crippen LogP contribution in [0.15, 0.2) is 0 Å². The summed E-state index contributed by atoms with van der Waals surface area (Å²) in [5.74, 6) is 0. The second kappa shape index (κ2) is 7.02. The Morgan fingerprint density at radius 1 is 1.00 bits per heavy atom. The molecule has 112 valence electrons. The van der Waals surface area contributed by atoms with Crippen LogP contribution in [0.5, 0.6) is 0 Å². The molecule has 0 amide bonds. The van der Waals surface area contributed by atoms with Gasteiger partial charge < -0.3 is 15.3 Å². The van der Waals surface area contributed by atoms with Gasteiger partial charge in [0.15, 0.2) is 0 Å². The minimum atomic E-state index is -0.634. The van der Waals surface area contributed by atoms with E-state index in [1.807, 2.05) is 0 Å². The first-order valence-electron chi connectivity index (χ1n) is 7.95. The summed E-state index contributed by atoms with van der Waals surface area (Å²) in [7, 11) is 0. The Morgan fingerprint density at radius 2 is 1.74 bits per heavy atom. The van der Waals surface area contributed by atoms with Crippen molar-refractivity contribution >= 4 is 0 Å². The molecule has 0 unspecified atom stereocenters. The van der Waals surface area contributed by atoms with E-state index in [0.717, 1.165) is 25.7 Å². The molecule has 0 aliphatic carbocycles. The summed E-state index contributed by atoms with van der Waals surface area (Å²) >= 11 is 0. The van der Waals surface area contributed by atoms with Gasteiger partial charge in [-0.2, -0.15) is 0 Å². The van der Waals surface area contributed by atoms with E-state index in [9.17, 15) is 15.3 Å². The molecule has 5 atom stereocenters. The van der Waals surface area contributed by atoms with E-state index in [0.29, 0.717) is 0 Å². The van der Waals surface area contributed by atoms with Gasteiger partial charge in [-0.25, -0.2) is 0 Å². The van der Waals surface area contributed by atoms with Crippen molar-refractivity contribution in [2.45, 2.75) is 88.6 Å². The highest BCUT2D eigenvalue weighted by Crippen LogP contribution is 2.38. The van der Waals surface area contributed by atoms with Crippen LogP contribution in [0.2, 0.25) is 0 Å². The molecule has 2 fully saturated rings. The van der Waals surface area contributed by atoms with E-state index in [1.165, 1.54) is 25.7 Å². The van der Waals surface area contributed by atoms with Crippen LogP contribution in [-0.2, 0) is 0 Å². The molecule has 4 heteroatoms. The molecule has 0 saturated carbocycles. The van der Waals surface area contributed by atoms with Gasteiger partial charge in [-0.05, 0) is 19.3 Å². The molecule has 2 heterocycles. The molecule has 0 radical (unpaired) electrons. The molecule has 0 aromatic heterocycles. The monoisotopic (exact) mass is 271 g/mol. The van der Waals surface area contributed by atoms with Crippen molar-refractivity contribution in [2.24, 2.45) is 0 Å². The highest BCUT2D eigenvalue weighted by Gasteiger charge is 2.52. The topological polar surface area (TPSA) is 63.9 Å². The van der Waals surface area contributed by atoms with Crippen LogP contribution in [0.3, 0.4) is 0 Å². The van der Waals surface area contributed by atoms with Crippen molar-refractivity contribution in [3.63, 3.8) is 0 Å². The Morgan fingerprint density at radius 3 is 2.42 bits per heavy atom. The summed E-state index contributed by atoms with van der Waals surface area (Å²) < 4.78 is 0. The molecule has 19 heavy (non-hydrogen) atoms. The fourth-order valence-electron chi connectivity index (χ4n) is 3.89. The minimum absolute atomic E-state index is 0.0428. The fraction of sp³-hybridized carbons (Fsp3) is 1.00. The van der Waals surface area contributed by atoms with E-state index < -0.39 is 12.2 Å². The molecular formula is C15H29NO3. The lowest BCUT2D eigenvalue weighted by atomic mass is 9.98. The second-order valence-corrected chi connectivity index (χ2v) is 6.18. The summed E-state index contributed by atoms with van der Waals surface area (Å²) in [6.45, 7) is 2.35. The summed E-state index contributed by atoms with van der Waals surface area (Å²) in [4.78, 5) is 2.20. The first kappa shape index (κ1) is 15.2. The molecule has 0 spiro atoms. The highest BCUT2D eigenvalue weighted by molar-refractivity contribution is 5.06. The smallest absolute Gasteiger partial charge is 0.0969 e. The maximum atomic E-state index is 10.2. The molecule has 2 saturated heterocycles. The molecule has 3 N–H and O–H groups in total. The van der Waals surface area contributed by atoms with E-state index in [2.05, 4.69) is 11.8 Å². The third-order valence-electron chi connectivity index (χ3n) is 4.94. The summed E-state index contributed by atoms with van der Waals surface area (Å²) in [5, 5.41) is 29.8. The first-order valence-corrected chi connectivity index (χ1v) is 7.95. The lowest BCUT2D eigenvalue weighted by Crippen LogP contribution is -2.43. The van der Waals surface area contributed by atoms with Gasteiger partial charge in [-0.1, -0.05) is 39.0 Å². The Labute approximate surface area is 116 Å². The van der Waals surface area contributed by atoms with E-state index in [-0.39, 0.29) is 24.7 Å². The second-order valence-electron chi connectivity index (χ2n) is 6.18. The molecule has 0 aromatic carbocycles. The number of fused-ring (bicyclic) bond motifs is 1. The number of aliphatic hydroxyl groups is 3. The summed E-state index contributed by atoms with van der Waals surface area (Å²) in [6.07, 6.45) is 7.61. The SMILES string of the molecule is CCCCCCC[C@@H]1[C@@H](O)[C@H](O)[C@H]2CC[C@@H](CO)N12. The molecule has 4 nitrogen and oxygen atoms in total. The Hall–Kier alpha value is -0.160. The molecular weight excluding hydrogens is 242 g/mol. The van der Waals surface area contributed by atoms with Crippen molar-refractivity contribution in [1.82, 2.24) is 4.90 Å². The van der Waals surface area contributed by atoms with Crippen molar-refractivity contribution in [3.05, 3.63) is 0 Å². The minimum Gasteiger partial charge on any atom is -0.395 e. The zero-order chi connectivity index (χ0) is 13.8. The number of nitrogens with zero attached hydrogens (tertiary/aromatic N) is 1. The van der Waals surface area contributed by atoms with Crippen molar-refractivity contribution in [1.29, 1.82) is 0 Å². The molecule has 2 aliphatic rings. The van der Waals surface area contributed by atoms with Crippen LogP contribution in [0, 0.1) is 0 Å². The van der Waals surface area contributed by atoms with Gasteiger partial charge in [0.05, 0.1) is 18.8 Å². The van der Waals surface area contributed by atoms with Gasteiger partial charge in [-0.15, -0.1) is 0 Å². The summed E-state index contributed by atoms with van der Waals surface area (Å²) in [5.41, 5.74) is 0. The third-order valence-corrected chi connectivity index (χ3v) is 4.94. The number of aliphatic hydroxyl groups excluding tert-OH is 3. The standard InChI is InChI=1S/C15H29NO3/c1-2-3-4-5-6-7-12-14(18)15(19)13-9-8-11(10-17)16(12)13/h11-15,17-19H,2-10H2,1H3/t11-,12+,13+,14+,15+/m0/s1. The number of rotatable bonds is 7. The zero-order valence-corrected chi connectivity index (χ0v) is 12.0.